The van der Waals surface area contributed by atoms with Crippen molar-refractivity contribution in [3.8, 4) is 0 Å². The molecule has 0 saturated heterocycles. The zero-order chi connectivity index (χ0) is 19.1. The Morgan fingerprint density at radius 3 is 2.32 bits per heavy atom. The van der Waals surface area contributed by atoms with Crippen molar-refractivity contribution in [2.24, 2.45) is 4.99 Å². The second-order valence-corrected chi connectivity index (χ2v) is 6.83. The summed E-state index contributed by atoms with van der Waals surface area (Å²) in [6, 6.07) is 16.2. The number of rotatable bonds is 6. The molecule has 0 spiro atoms. The summed E-state index contributed by atoms with van der Waals surface area (Å²) in [6.07, 6.45) is 3.51. The summed E-state index contributed by atoms with van der Waals surface area (Å²) in [4.78, 5) is 16.3. The van der Waals surface area contributed by atoms with Gasteiger partial charge in [0.15, 0.2) is 5.96 Å². The zero-order valence-corrected chi connectivity index (χ0v) is 18.2. The van der Waals surface area contributed by atoms with E-state index in [1.165, 1.54) is 36.2 Å². The lowest BCUT2D eigenvalue weighted by atomic mass is 9.64. The number of aliphatic imine (C=N–C) groups is 1. The van der Waals surface area contributed by atoms with Gasteiger partial charge in [0.25, 0.3) is 0 Å². The quantitative estimate of drug-likeness (QED) is 0.325. The molecule has 0 aromatic heterocycles. The van der Waals surface area contributed by atoms with Gasteiger partial charge in [-0.1, -0.05) is 36.8 Å². The van der Waals surface area contributed by atoms with Crippen LogP contribution in [0.25, 0.3) is 0 Å². The van der Waals surface area contributed by atoms with Crippen LogP contribution in [-0.4, -0.2) is 32.0 Å². The van der Waals surface area contributed by atoms with Crippen LogP contribution in [0.4, 0.5) is 10.1 Å². The van der Waals surface area contributed by atoms with Crippen LogP contribution in [-0.2, 0) is 10.2 Å². The first-order valence-corrected chi connectivity index (χ1v) is 9.17. The van der Waals surface area contributed by atoms with Crippen molar-refractivity contribution in [1.29, 1.82) is 0 Å². The summed E-state index contributed by atoms with van der Waals surface area (Å²) in [6.45, 7) is 0.853. The van der Waals surface area contributed by atoms with Gasteiger partial charge in [0.1, 0.15) is 5.82 Å². The Morgan fingerprint density at radius 1 is 1.07 bits per heavy atom. The van der Waals surface area contributed by atoms with Crippen molar-refractivity contribution in [2.75, 3.05) is 25.5 Å². The topological polar surface area (TPSA) is 65.5 Å². The van der Waals surface area contributed by atoms with Crippen LogP contribution >= 0.6 is 24.0 Å². The van der Waals surface area contributed by atoms with E-state index in [9.17, 15) is 9.18 Å². The Kier molecular flexibility index (Phi) is 8.22. The molecule has 1 aliphatic rings. The molecule has 0 atom stereocenters. The number of amides is 1. The van der Waals surface area contributed by atoms with Gasteiger partial charge in [0.05, 0.1) is 6.54 Å². The maximum absolute atomic E-state index is 12.9. The lowest BCUT2D eigenvalue weighted by molar-refractivity contribution is -0.115. The fourth-order valence-electron chi connectivity index (χ4n) is 3.34. The minimum absolute atomic E-state index is 0. The van der Waals surface area contributed by atoms with Gasteiger partial charge in [-0.3, -0.25) is 9.79 Å². The minimum Gasteiger partial charge on any atom is -0.356 e. The standard InChI is InChI=1S/C21H25FN4O.HI/c1-23-20(24-14-19(27)26-18-10-8-17(22)9-11-18)25-15-21(12-5-13-21)16-6-3-2-4-7-16;/h2-4,6-11H,5,12-15H2,1H3,(H,26,27)(H2,23,24,25);1H. The first-order chi connectivity index (χ1) is 13.1. The van der Waals surface area contributed by atoms with Gasteiger partial charge >= 0.3 is 0 Å². The number of carbonyl (C=O) groups is 1. The van der Waals surface area contributed by atoms with Crippen LogP contribution in [0.15, 0.2) is 59.6 Å². The van der Waals surface area contributed by atoms with E-state index in [4.69, 9.17) is 0 Å². The normalized spacial score (nSPS) is 15.0. The van der Waals surface area contributed by atoms with Gasteiger partial charge in [-0.15, -0.1) is 24.0 Å². The number of carbonyl (C=O) groups excluding carboxylic acids is 1. The summed E-state index contributed by atoms with van der Waals surface area (Å²) < 4.78 is 12.9. The lowest BCUT2D eigenvalue weighted by Gasteiger charge is -2.43. The number of benzene rings is 2. The predicted octanol–water partition coefficient (Wildman–Crippen LogP) is 3.67. The molecule has 150 valence electrons. The van der Waals surface area contributed by atoms with E-state index >= 15 is 0 Å². The molecule has 1 amide bonds. The van der Waals surface area contributed by atoms with E-state index < -0.39 is 0 Å². The number of nitrogens with zero attached hydrogens (tertiary/aromatic N) is 1. The lowest BCUT2D eigenvalue weighted by Crippen LogP contribution is -2.49. The number of nitrogens with one attached hydrogen (secondary N) is 3. The van der Waals surface area contributed by atoms with Gasteiger partial charge in [-0.2, -0.15) is 0 Å². The van der Waals surface area contributed by atoms with Crippen LogP contribution < -0.4 is 16.0 Å². The van der Waals surface area contributed by atoms with Crippen molar-refractivity contribution >= 4 is 41.5 Å². The van der Waals surface area contributed by atoms with Crippen molar-refractivity contribution in [1.82, 2.24) is 10.6 Å². The predicted molar refractivity (Wildman–Crippen MR) is 122 cm³/mol. The van der Waals surface area contributed by atoms with Gasteiger partial charge in [0, 0.05) is 24.7 Å². The maximum Gasteiger partial charge on any atom is 0.243 e. The average Bonchev–Trinajstić information content (AvgIpc) is 2.66. The summed E-state index contributed by atoms with van der Waals surface area (Å²) in [7, 11) is 1.68. The summed E-state index contributed by atoms with van der Waals surface area (Å²) in [5.74, 6) is 0.0384. The third kappa shape index (κ3) is 5.67. The van der Waals surface area contributed by atoms with Crippen molar-refractivity contribution in [3.05, 3.63) is 66.0 Å². The molecular weight excluding hydrogens is 470 g/mol. The van der Waals surface area contributed by atoms with E-state index in [1.807, 2.05) is 6.07 Å². The highest BCUT2D eigenvalue weighted by Gasteiger charge is 2.38. The van der Waals surface area contributed by atoms with Crippen molar-refractivity contribution in [3.63, 3.8) is 0 Å². The first kappa shape index (κ1) is 22.1. The summed E-state index contributed by atoms with van der Waals surface area (Å²) in [5.41, 5.74) is 2.03. The van der Waals surface area contributed by atoms with Crippen LogP contribution in [0.1, 0.15) is 24.8 Å². The number of anilines is 1. The molecule has 0 radical (unpaired) electrons. The van der Waals surface area contributed by atoms with Gasteiger partial charge in [0.2, 0.25) is 5.91 Å². The Balaban J connectivity index is 0.00000280. The molecule has 28 heavy (non-hydrogen) atoms. The largest absolute Gasteiger partial charge is 0.356 e. The summed E-state index contributed by atoms with van der Waals surface area (Å²) in [5, 5.41) is 9.09. The highest BCUT2D eigenvalue weighted by atomic mass is 127. The zero-order valence-electron chi connectivity index (χ0n) is 15.9. The fraction of sp³-hybridized carbons (Fsp3) is 0.333. The Labute approximate surface area is 182 Å². The molecule has 7 heteroatoms. The molecule has 2 aromatic carbocycles. The van der Waals surface area contributed by atoms with Crippen LogP contribution in [0.2, 0.25) is 0 Å². The fourth-order valence-corrected chi connectivity index (χ4v) is 3.34. The highest BCUT2D eigenvalue weighted by Crippen LogP contribution is 2.43. The molecule has 0 aliphatic heterocycles. The number of hydrogen-bond donors (Lipinski definition) is 3. The molecule has 3 N–H and O–H groups in total. The van der Waals surface area contributed by atoms with Gasteiger partial charge in [-0.25, -0.2) is 4.39 Å². The second kappa shape index (κ2) is 10.4. The van der Waals surface area contributed by atoms with E-state index in [-0.39, 0.29) is 47.7 Å². The second-order valence-electron chi connectivity index (χ2n) is 6.83. The molecule has 2 aromatic rings. The van der Waals surface area contributed by atoms with Crippen molar-refractivity contribution in [2.45, 2.75) is 24.7 Å². The van der Waals surface area contributed by atoms with E-state index in [0.717, 1.165) is 19.4 Å². The van der Waals surface area contributed by atoms with Crippen LogP contribution in [0, 0.1) is 5.82 Å². The molecule has 3 rings (SSSR count). The van der Waals surface area contributed by atoms with Crippen molar-refractivity contribution < 1.29 is 9.18 Å². The Morgan fingerprint density at radius 2 is 1.75 bits per heavy atom. The Hall–Kier alpha value is -2.16. The van der Waals surface area contributed by atoms with Gasteiger partial charge < -0.3 is 16.0 Å². The Bertz CT molecular complexity index is 792. The van der Waals surface area contributed by atoms with Crippen LogP contribution in [0.5, 0.6) is 0 Å². The monoisotopic (exact) mass is 496 g/mol. The minimum atomic E-state index is -0.334. The molecule has 1 aliphatic carbocycles. The van der Waals surface area contributed by atoms with E-state index in [0.29, 0.717) is 11.6 Å². The third-order valence-electron chi connectivity index (χ3n) is 5.06. The molecule has 1 saturated carbocycles. The third-order valence-corrected chi connectivity index (χ3v) is 5.06. The highest BCUT2D eigenvalue weighted by molar-refractivity contribution is 14.0. The number of halogens is 2. The maximum atomic E-state index is 12.9. The smallest absolute Gasteiger partial charge is 0.243 e. The van der Waals surface area contributed by atoms with E-state index in [1.54, 1.807) is 7.05 Å². The average molecular weight is 496 g/mol. The molecule has 0 bridgehead atoms. The summed E-state index contributed by atoms with van der Waals surface area (Å²) >= 11 is 0. The molecular formula is C21H26FIN4O. The molecule has 1 fully saturated rings. The molecule has 0 unspecified atom stereocenters. The van der Waals surface area contributed by atoms with E-state index in [2.05, 4.69) is 45.2 Å². The molecule has 5 nitrogen and oxygen atoms in total. The molecule has 0 heterocycles. The first-order valence-electron chi connectivity index (χ1n) is 9.17. The van der Waals surface area contributed by atoms with Crippen LogP contribution in [0.3, 0.4) is 0 Å². The SMILES string of the molecule is CN=C(NCC(=O)Nc1ccc(F)cc1)NCC1(c2ccccc2)CCC1.I. The van der Waals surface area contributed by atoms with Gasteiger partial charge in [-0.05, 0) is 42.7 Å². The number of hydrogen-bond acceptors (Lipinski definition) is 2. The number of guanidine groups is 1.